The van der Waals surface area contributed by atoms with Crippen molar-refractivity contribution in [1.82, 2.24) is 0 Å². The maximum atomic E-state index is 12.6. The Hall–Kier alpha value is -0.330. The van der Waals surface area contributed by atoms with Gasteiger partial charge in [0.15, 0.2) is 0 Å². The lowest BCUT2D eigenvalue weighted by Gasteiger charge is -2.33. The molecule has 0 unspecified atom stereocenters. The van der Waals surface area contributed by atoms with Crippen LogP contribution in [0.3, 0.4) is 0 Å². The van der Waals surface area contributed by atoms with Crippen LogP contribution in [0.15, 0.2) is 0 Å². The summed E-state index contributed by atoms with van der Waals surface area (Å²) >= 11 is 0. The predicted molar refractivity (Wildman–Crippen MR) is 79.0 cm³/mol. The maximum Gasteiger partial charge on any atom is 0.139 e. The molecule has 0 spiro atoms. The van der Waals surface area contributed by atoms with Gasteiger partial charge in [0.2, 0.25) is 0 Å². The molecule has 0 aliphatic heterocycles. The summed E-state index contributed by atoms with van der Waals surface area (Å²) in [6.45, 7) is 0. The molecule has 0 radical (unpaired) electrons. The van der Waals surface area contributed by atoms with Crippen molar-refractivity contribution >= 4 is 5.78 Å². The van der Waals surface area contributed by atoms with E-state index in [0.717, 1.165) is 11.8 Å². The van der Waals surface area contributed by atoms with E-state index in [-0.39, 0.29) is 0 Å². The van der Waals surface area contributed by atoms with E-state index in [1.807, 2.05) is 0 Å². The molecule has 3 rings (SSSR count). The Morgan fingerprint density at radius 1 is 0.526 bits per heavy atom. The number of Topliss-reactive ketones (excluding diaryl/α,β-unsaturated/α-hetero) is 1. The van der Waals surface area contributed by atoms with Gasteiger partial charge in [0.05, 0.1) is 0 Å². The molecular weight excluding hydrogens is 232 g/mol. The number of hydrogen-bond donors (Lipinski definition) is 0. The van der Waals surface area contributed by atoms with E-state index >= 15 is 0 Å². The molecule has 0 aromatic heterocycles. The first-order valence-electron chi connectivity index (χ1n) is 8.88. The third-order valence-corrected chi connectivity index (χ3v) is 6.25. The van der Waals surface area contributed by atoms with E-state index in [0.29, 0.717) is 17.6 Å². The van der Waals surface area contributed by atoms with Crippen molar-refractivity contribution in [3.8, 4) is 0 Å². The topological polar surface area (TPSA) is 17.1 Å². The van der Waals surface area contributed by atoms with Gasteiger partial charge in [-0.25, -0.2) is 0 Å². The van der Waals surface area contributed by atoms with Crippen LogP contribution in [0.2, 0.25) is 0 Å². The molecule has 3 aliphatic rings. The molecule has 1 nitrogen and oxygen atoms in total. The van der Waals surface area contributed by atoms with Crippen molar-refractivity contribution in [3.63, 3.8) is 0 Å². The highest BCUT2D eigenvalue weighted by Crippen LogP contribution is 2.42. The quantitative estimate of drug-likeness (QED) is 0.689. The largest absolute Gasteiger partial charge is 0.299 e. The highest BCUT2D eigenvalue weighted by atomic mass is 16.1. The molecule has 1 heteroatoms. The Balaban J connectivity index is 1.47. The monoisotopic (exact) mass is 262 g/mol. The van der Waals surface area contributed by atoms with Crippen LogP contribution in [0.5, 0.6) is 0 Å². The minimum atomic E-state index is 0.445. The lowest BCUT2D eigenvalue weighted by atomic mass is 9.71. The molecule has 0 bridgehead atoms. The number of ketones is 1. The highest BCUT2D eigenvalue weighted by molar-refractivity contribution is 5.83. The molecule has 3 fully saturated rings. The van der Waals surface area contributed by atoms with Crippen LogP contribution in [0.4, 0.5) is 0 Å². The normalized spacial score (nSPS) is 34.5. The van der Waals surface area contributed by atoms with Gasteiger partial charge in [0.1, 0.15) is 5.78 Å². The maximum absolute atomic E-state index is 12.6. The van der Waals surface area contributed by atoms with Gasteiger partial charge in [-0.3, -0.25) is 4.79 Å². The lowest BCUT2D eigenvalue weighted by Crippen LogP contribution is -2.30. The fourth-order valence-corrected chi connectivity index (χ4v) is 5.02. The number of hydrogen-bond acceptors (Lipinski definition) is 1. The Labute approximate surface area is 118 Å². The standard InChI is InChI=1S/C18H30O/c19-18(16-8-2-1-3-9-16)17-12-10-15(11-13-17)14-6-4-5-7-14/h14-17H,1-13H2. The van der Waals surface area contributed by atoms with Crippen molar-refractivity contribution < 1.29 is 4.79 Å². The minimum absolute atomic E-state index is 0.445. The Morgan fingerprint density at radius 3 is 1.63 bits per heavy atom. The Kier molecular flexibility index (Phi) is 4.61. The summed E-state index contributed by atoms with van der Waals surface area (Å²) in [4.78, 5) is 12.6. The van der Waals surface area contributed by atoms with Gasteiger partial charge in [0, 0.05) is 11.8 Å². The molecule has 0 atom stereocenters. The zero-order valence-electron chi connectivity index (χ0n) is 12.4. The second kappa shape index (κ2) is 6.41. The molecule has 19 heavy (non-hydrogen) atoms. The van der Waals surface area contributed by atoms with Crippen LogP contribution in [0.1, 0.15) is 83.5 Å². The summed E-state index contributed by atoms with van der Waals surface area (Å²) < 4.78 is 0. The van der Waals surface area contributed by atoms with Gasteiger partial charge in [0.25, 0.3) is 0 Å². The molecule has 0 amide bonds. The first kappa shape index (κ1) is 13.6. The van der Waals surface area contributed by atoms with Crippen LogP contribution in [0.25, 0.3) is 0 Å². The van der Waals surface area contributed by atoms with Gasteiger partial charge in [-0.15, -0.1) is 0 Å². The summed E-state index contributed by atoms with van der Waals surface area (Å²) in [5.41, 5.74) is 0. The van der Waals surface area contributed by atoms with Gasteiger partial charge < -0.3 is 0 Å². The molecule has 3 saturated carbocycles. The minimum Gasteiger partial charge on any atom is -0.299 e. The molecule has 0 saturated heterocycles. The number of rotatable bonds is 3. The summed E-state index contributed by atoms with van der Waals surface area (Å²) in [5, 5.41) is 0. The second-order valence-corrected chi connectivity index (χ2v) is 7.39. The first-order valence-corrected chi connectivity index (χ1v) is 8.88. The van der Waals surface area contributed by atoms with Gasteiger partial charge in [-0.2, -0.15) is 0 Å². The van der Waals surface area contributed by atoms with Crippen LogP contribution in [-0.2, 0) is 4.79 Å². The Bertz CT molecular complexity index is 289. The van der Waals surface area contributed by atoms with E-state index in [1.54, 1.807) is 0 Å². The zero-order chi connectivity index (χ0) is 13.1. The smallest absolute Gasteiger partial charge is 0.139 e. The van der Waals surface area contributed by atoms with E-state index in [2.05, 4.69) is 0 Å². The van der Waals surface area contributed by atoms with E-state index in [1.165, 1.54) is 83.5 Å². The zero-order valence-corrected chi connectivity index (χ0v) is 12.4. The average Bonchev–Trinajstić information content (AvgIpc) is 3.02. The summed E-state index contributed by atoms with van der Waals surface area (Å²) in [6.07, 6.45) is 17.4. The van der Waals surface area contributed by atoms with E-state index in [9.17, 15) is 4.79 Å². The average molecular weight is 262 g/mol. The van der Waals surface area contributed by atoms with Crippen molar-refractivity contribution in [3.05, 3.63) is 0 Å². The van der Waals surface area contributed by atoms with Crippen LogP contribution < -0.4 is 0 Å². The molecular formula is C18H30O. The molecule has 0 aromatic rings. The lowest BCUT2D eigenvalue weighted by molar-refractivity contribution is -0.129. The fraction of sp³-hybridized carbons (Fsp3) is 0.944. The molecule has 0 N–H and O–H groups in total. The van der Waals surface area contributed by atoms with E-state index in [4.69, 9.17) is 0 Å². The summed E-state index contributed by atoms with van der Waals surface area (Å²) in [5.74, 6) is 3.54. The van der Waals surface area contributed by atoms with Gasteiger partial charge in [-0.1, -0.05) is 44.9 Å². The number of carbonyl (C=O) groups is 1. The van der Waals surface area contributed by atoms with Crippen molar-refractivity contribution in [2.75, 3.05) is 0 Å². The molecule has 0 aromatic carbocycles. The van der Waals surface area contributed by atoms with Crippen molar-refractivity contribution in [2.45, 2.75) is 83.5 Å². The predicted octanol–water partition coefficient (Wildman–Crippen LogP) is 5.13. The SMILES string of the molecule is O=C(C1CCCCC1)C1CCC(C2CCCC2)CC1. The van der Waals surface area contributed by atoms with Crippen LogP contribution in [-0.4, -0.2) is 5.78 Å². The molecule has 108 valence electrons. The summed E-state index contributed by atoms with van der Waals surface area (Å²) in [7, 11) is 0. The third kappa shape index (κ3) is 3.23. The van der Waals surface area contributed by atoms with Crippen molar-refractivity contribution in [1.29, 1.82) is 0 Å². The third-order valence-electron chi connectivity index (χ3n) is 6.25. The fourth-order valence-electron chi connectivity index (χ4n) is 5.02. The van der Waals surface area contributed by atoms with Crippen LogP contribution >= 0.6 is 0 Å². The number of carbonyl (C=O) groups excluding carboxylic acids is 1. The van der Waals surface area contributed by atoms with Gasteiger partial charge >= 0.3 is 0 Å². The molecule has 0 heterocycles. The Morgan fingerprint density at radius 2 is 1.00 bits per heavy atom. The highest BCUT2D eigenvalue weighted by Gasteiger charge is 2.34. The second-order valence-electron chi connectivity index (χ2n) is 7.39. The van der Waals surface area contributed by atoms with Crippen LogP contribution in [0, 0.1) is 23.7 Å². The summed E-state index contributed by atoms with van der Waals surface area (Å²) in [6, 6.07) is 0. The van der Waals surface area contributed by atoms with Gasteiger partial charge in [-0.05, 0) is 50.4 Å². The molecule has 3 aliphatic carbocycles. The van der Waals surface area contributed by atoms with E-state index < -0.39 is 0 Å². The first-order chi connectivity index (χ1) is 9.34. The van der Waals surface area contributed by atoms with Crippen molar-refractivity contribution in [2.24, 2.45) is 23.7 Å².